The number of hydrogen-bond donors (Lipinski definition) is 1. The van der Waals surface area contributed by atoms with E-state index in [-0.39, 0.29) is 0 Å². The molecule has 0 aliphatic rings. The minimum Gasteiger partial charge on any atom is -0.493 e. The zero-order valence-electron chi connectivity index (χ0n) is 7.62. The smallest absolute Gasteiger partial charge is 0.162 e. The molecule has 3 heteroatoms. The molecule has 0 amide bonds. The summed E-state index contributed by atoms with van der Waals surface area (Å²) in [4.78, 5) is 0. The second-order valence-corrected chi connectivity index (χ2v) is 2.51. The fourth-order valence-corrected chi connectivity index (χ4v) is 0.952. The van der Waals surface area contributed by atoms with Crippen molar-refractivity contribution >= 4 is 5.69 Å². The second-order valence-electron chi connectivity index (χ2n) is 2.51. The lowest BCUT2D eigenvalue weighted by atomic mass is 10.3. The Balaban J connectivity index is 2.85. The third kappa shape index (κ3) is 2.40. The highest BCUT2D eigenvalue weighted by atomic mass is 16.5. The molecule has 0 heterocycles. The van der Waals surface area contributed by atoms with Gasteiger partial charge in [-0.1, -0.05) is 12.7 Å². The Kier molecular flexibility index (Phi) is 3.20. The summed E-state index contributed by atoms with van der Waals surface area (Å²) in [6.45, 7) is 4.02. The number of hydrogen-bond acceptors (Lipinski definition) is 3. The molecule has 0 bridgehead atoms. The molecule has 1 aromatic carbocycles. The van der Waals surface area contributed by atoms with E-state index in [4.69, 9.17) is 15.2 Å². The van der Waals surface area contributed by atoms with Gasteiger partial charge in [-0.3, -0.25) is 0 Å². The van der Waals surface area contributed by atoms with Crippen LogP contribution in [0, 0.1) is 0 Å². The van der Waals surface area contributed by atoms with Crippen LogP contribution in [0.25, 0.3) is 0 Å². The summed E-state index contributed by atoms with van der Waals surface area (Å²) in [5.41, 5.74) is 6.23. The van der Waals surface area contributed by atoms with Gasteiger partial charge in [0, 0.05) is 11.8 Å². The van der Waals surface area contributed by atoms with Crippen LogP contribution in [0.5, 0.6) is 11.5 Å². The molecule has 3 nitrogen and oxygen atoms in total. The van der Waals surface area contributed by atoms with Gasteiger partial charge in [-0.2, -0.15) is 0 Å². The van der Waals surface area contributed by atoms with Crippen LogP contribution < -0.4 is 15.2 Å². The third-order valence-electron chi connectivity index (χ3n) is 1.54. The van der Waals surface area contributed by atoms with Crippen molar-refractivity contribution in [3.8, 4) is 11.5 Å². The van der Waals surface area contributed by atoms with Crippen LogP contribution in [0.1, 0.15) is 0 Å². The molecular formula is C10H13NO2. The summed E-state index contributed by atoms with van der Waals surface area (Å²) in [6, 6.07) is 5.26. The zero-order chi connectivity index (χ0) is 9.68. The Morgan fingerprint density at radius 2 is 2.23 bits per heavy atom. The highest BCUT2D eigenvalue weighted by Crippen LogP contribution is 2.28. The van der Waals surface area contributed by atoms with Gasteiger partial charge in [-0.25, -0.2) is 0 Å². The van der Waals surface area contributed by atoms with Gasteiger partial charge in [0.15, 0.2) is 11.5 Å². The number of ether oxygens (including phenoxy) is 2. The van der Waals surface area contributed by atoms with Crippen molar-refractivity contribution < 1.29 is 9.47 Å². The average Bonchev–Trinajstić information content (AvgIpc) is 2.16. The highest BCUT2D eigenvalue weighted by Gasteiger charge is 2.02. The van der Waals surface area contributed by atoms with Crippen LogP contribution in [0.4, 0.5) is 5.69 Å². The highest BCUT2D eigenvalue weighted by molar-refractivity contribution is 5.51. The molecule has 13 heavy (non-hydrogen) atoms. The summed E-state index contributed by atoms with van der Waals surface area (Å²) in [7, 11) is 1.58. The van der Waals surface area contributed by atoms with Crippen molar-refractivity contribution in [3.63, 3.8) is 0 Å². The second kappa shape index (κ2) is 4.40. The minimum absolute atomic E-state index is 0.459. The maximum Gasteiger partial charge on any atom is 0.162 e. The first-order valence-corrected chi connectivity index (χ1v) is 3.95. The largest absolute Gasteiger partial charge is 0.493 e. The lowest BCUT2D eigenvalue weighted by Crippen LogP contribution is -1.97. The van der Waals surface area contributed by atoms with E-state index in [1.54, 1.807) is 31.4 Å². The quantitative estimate of drug-likeness (QED) is 0.566. The van der Waals surface area contributed by atoms with Crippen molar-refractivity contribution in [3.05, 3.63) is 30.9 Å². The van der Waals surface area contributed by atoms with E-state index in [1.165, 1.54) is 0 Å². The number of nitrogens with two attached hydrogens (primary N) is 1. The molecule has 0 saturated carbocycles. The summed E-state index contributed by atoms with van der Waals surface area (Å²) >= 11 is 0. The van der Waals surface area contributed by atoms with Crippen LogP contribution in [0.15, 0.2) is 30.9 Å². The summed E-state index contributed by atoms with van der Waals surface area (Å²) in [5.74, 6) is 1.32. The van der Waals surface area contributed by atoms with Crippen LogP contribution >= 0.6 is 0 Å². The number of anilines is 1. The Morgan fingerprint density at radius 1 is 1.46 bits per heavy atom. The molecule has 0 radical (unpaired) electrons. The average molecular weight is 179 g/mol. The molecule has 1 rings (SSSR count). The zero-order valence-corrected chi connectivity index (χ0v) is 7.62. The summed E-state index contributed by atoms with van der Waals surface area (Å²) < 4.78 is 10.4. The van der Waals surface area contributed by atoms with Gasteiger partial charge in [-0.05, 0) is 12.1 Å². The standard InChI is InChI=1S/C10H13NO2/c1-3-6-13-9-5-4-8(11)7-10(9)12-2/h3-5,7H,1,6,11H2,2H3. The molecule has 0 unspecified atom stereocenters. The molecule has 0 atom stereocenters. The Bertz CT molecular complexity index is 297. The van der Waals surface area contributed by atoms with E-state index in [9.17, 15) is 0 Å². The van der Waals surface area contributed by atoms with Gasteiger partial charge in [-0.15, -0.1) is 0 Å². The molecule has 0 aliphatic heterocycles. The topological polar surface area (TPSA) is 44.5 Å². The summed E-state index contributed by atoms with van der Waals surface area (Å²) in [5, 5.41) is 0. The predicted octanol–water partition coefficient (Wildman–Crippen LogP) is 1.84. The monoisotopic (exact) mass is 179 g/mol. The number of nitrogen functional groups attached to an aromatic ring is 1. The Hall–Kier alpha value is -1.64. The normalized spacial score (nSPS) is 9.31. The lowest BCUT2D eigenvalue weighted by Gasteiger charge is -2.09. The molecule has 0 aromatic heterocycles. The first-order valence-electron chi connectivity index (χ1n) is 3.95. The molecule has 0 spiro atoms. The molecular weight excluding hydrogens is 166 g/mol. The van der Waals surface area contributed by atoms with Crippen molar-refractivity contribution in [1.82, 2.24) is 0 Å². The van der Waals surface area contributed by atoms with E-state index in [1.807, 2.05) is 0 Å². The molecule has 0 saturated heterocycles. The predicted molar refractivity (Wildman–Crippen MR) is 53.1 cm³/mol. The molecule has 70 valence electrons. The first kappa shape index (κ1) is 9.45. The minimum atomic E-state index is 0.459. The summed E-state index contributed by atoms with van der Waals surface area (Å²) in [6.07, 6.45) is 1.68. The first-order chi connectivity index (χ1) is 6.27. The number of benzene rings is 1. The Morgan fingerprint density at radius 3 is 2.85 bits per heavy atom. The van der Waals surface area contributed by atoms with Gasteiger partial charge < -0.3 is 15.2 Å². The fourth-order valence-electron chi connectivity index (χ4n) is 0.952. The third-order valence-corrected chi connectivity index (χ3v) is 1.54. The van der Waals surface area contributed by atoms with E-state index in [0.29, 0.717) is 23.8 Å². The number of methoxy groups -OCH3 is 1. The van der Waals surface area contributed by atoms with Crippen LogP contribution in [0.3, 0.4) is 0 Å². The van der Waals surface area contributed by atoms with E-state index >= 15 is 0 Å². The van der Waals surface area contributed by atoms with Crippen LogP contribution in [-0.4, -0.2) is 13.7 Å². The molecule has 0 aliphatic carbocycles. The lowest BCUT2D eigenvalue weighted by molar-refractivity contribution is 0.326. The van der Waals surface area contributed by atoms with E-state index in [2.05, 4.69) is 6.58 Å². The van der Waals surface area contributed by atoms with Crippen molar-refractivity contribution in [2.45, 2.75) is 0 Å². The van der Waals surface area contributed by atoms with Crippen molar-refractivity contribution in [2.75, 3.05) is 19.5 Å². The maximum absolute atomic E-state index is 5.58. The van der Waals surface area contributed by atoms with Gasteiger partial charge in [0.25, 0.3) is 0 Å². The van der Waals surface area contributed by atoms with E-state index < -0.39 is 0 Å². The Labute approximate surface area is 77.8 Å². The van der Waals surface area contributed by atoms with Crippen LogP contribution in [0.2, 0.25) is 0 Å². The maximum atomic E-state index is 5.58. The van der Waals surface area contributed by atoms with Gasteiger partial charge in [0.2, 0.25) is 0 Å². The van der Waals surface area contributed by atoms with Crippen molar-refractivity contribution in [1.29, 1.82) is 0 Å². The van der Waals surface area contributed by atoms with Crippen LogP contribution in [-0.2, 0) is 0 Å². The molecule has 1 aromatic rings. The van der Waals surface area contributed by atoms with E-state index in [0.717, 1.165) is 0 Å². The van der Waals surface area contributed by atoms with Gasteiger partial charge in [0.05, 0.1) is 7.11 Å². The SMILES string of the molecule is C=CCOc1ccc(N)cc1OC. The van der Waals surface area contributed by atoms with Crippen molar-refractivity contribution in [2.24, 2.45) is 0 Å². The fraction of sp³-hybridized carbons (Fsp3) is 0.200. The van der Waals surface area contributed by atoms with Gasteiger partial charge in [0.1, 0.15) is 6.61 Å². The molecule has 2 N–H and O–H groups in total. The molecule has 0 fully saturated rings. The van der Waals surface area contributed by atoms with Gasteiger partial charge >= 0.3 is 0 Å². The number of rotatable bonds is 4.